The van der Waals surface area contributed by atoms with E-state index < -0.39 is 0 Å². The highest BCUT2D eigenvalue weighted by molar-refractivity contribution is 5.40. The van der Waals surface area contributed by atoms with Crippen molar-refractivity contribution in [2.45, 2.75) is 18.9 Å². The number of nitrogens with two attached hydrogens (primary N) is 1. The zero-order valence-electron chi connectivity index (χ0n) is 10.5. The maximum Gasteiger partial charge on any atom is 0.161 e. The second-order valence-electron chi connectivity index (χ2n) is 4.47. The molecule has 5 nitrogen and oxygen atoms in total. The third kappa shape index (κ3) is 2.76. The minimum atomic E-state index is 0.0473. The number of nitrogen functional groups attached to an aromatic ring is 1. The smallest absolute Gasteiger partial charge is 0.161 e. The van der Waals surface area contributed by atoms with Crippen molar-refractivity contribution in [3.8, 4) is 11.5 Å². The van der Waals surface area contributed by atoms with E-state index in [4.69, 9.17) is 15.2 Å². The first-order chi connectivity index (χ1) is 9.31. The molecule has 0 saturated carbocycles. The molecule has 0 saturated heterocycles. The van der Waals surface area contributed by atoms with E-state index in [-0.39, 0.29) is 6.10 Å². The maximum atomic E-state index is 5.88. The van der Waals surface area contributed by atoms with Crippen molar-refractivity contribution in [2.24, 2.45) is 0 Å². The molecule has 2 heterocycles. The Balaban J connectivity index is 1.61. The Morgan fingerprint density at radius 3 is 2.89 bits per heavy atom. The zero-order valence-corrected chi connectivity index (χ0v) is 10.5. The summed E-state index contributed by atoms with van der Waals surface area (Å²) in [6.07, 6.45) is 3.16. The average molecular weight is 257 g/mol. The molecule has 0 fully saturated rings. The van der Waals surface area contributed by atoms with Gasteiger partial charge < -0.3 is 15.2 Å². The van der Waals surface area contributed by atoms with E-state index in [0.717, 1.165) is 30.0 Å². The summed E-state index contributed by atoms with van der Waals surface area (Å²) in [5, 5.41) is 0. The molecule has 19 heavy (non-hydrogen) atoms. The van der Waals surface area contributed by atoms with Crippen molar-refractivity contribution >= 4 is 5.82 Å². The normalized spacial score (nSPS) is 17.2. The van der Waals surface area contributed by atoms with Crippen LogP contribution in [0.3, 0.4) is 0 Å². The Labute approximate surface area is 111 Å². The number of benzene rings is 1. The average Bonchev–Trinajstić information content (AvgIpc) is 2.45. The Bertz CT molecular complexity index is 574. The van der Waals surface area contributed by atoms with Gasteiger partial charge in [0.1, 0.15) is 24.9 Å². The molecule has 1 aromatic carbocycles. The molecule has 2 aromatic rings. The van der Waals surface area contributed by atoms with Crippen LogP contribution in [0.4, 0.5) is 5.82 Å². The Kier molecular flexibility index (Phi) is 3.18. The number of hydrogen-bond donors (Lipinski definition) is 1. The van der Waals surface area contributed by atoms with Gasteiger partial charge in [-0.25, -0.2) is 9.97 Å². The van der Waals surface area contributed by atoms with Crippen LogP contribution in [0.2, 0.25) is 0 Å². The van der Waals surface area contributed by atoms with Crippen LogP contribution in [-0.4, -0.2) is 22.7 Å². The van der Waals surface area contributed by atoms with Gasteiger partial charge in [-0.1, -0.05) is 12.1 Å². The van der Waals surface area contributed by atoms with Crippen molar-refractivity contribution < 1.29 is 9.47 Å². The van der Waals surface area contributed by atoms with Crippen molar-refractivity contribution in [3.63, 3.8) is 0 Å². The van der Waals surface area contributed by atoms with Crippen LogP contribution < -0.4 is 15.2 Å². The second kappa shape index (κ2) is 5.14. The van der Waals surface area contributed by atoms with Gasteiger partial charge in [0.15, 0.2) is 11.5 Å². The highest BCUT2D eigenvalue weighted by Crippen LogP contribution is 2.31. The lowest BCUT2D eigenvalue weighted by atomic mass is 10.1. The summed E-state index contributed by atoms with van der Waals surface area (Å²) in [5.41, 5.74) is 6.55. The SMILES string of the molecule is Nc1cc(CCC2COc3ccccc3O2)ncn1. The third-order valence-corrected chi connectivity index (χ3v) is 3.03. The first-order valence-electron chi connectivity index (χ1n) is 6.26. The molecular formula is C14H15N3O2. The van der Waals surface area contributed by atoms with E-state index in [0.29, 0.717) is 12.4 Å². The highest BCUT2D eigenvalue weighted by Gasteiger charge is 2.20. The molecule has 0 radical (unpaired) electrons. The Morgan fingerprint density at radius 2 is 2.05 bits per heavy atom. The number of fused-ring (bicyclic) bond motifs is 1. The predicted molar refractivity (Wildman–Crippen MR) is 71.1 cm³/mol. The topological polar surface area (TPSA) is 70.3 Å². The summed E-state index contributed by atoms with van der Waals surface area (Å²) in [7, 11) is 0. The molecule has 98 valence electrons. The molecule has 0 spiro atoms. The van der Waals surface area contributed by atoms with E-state index in [1.54, 1.807) is 6.07 Å². The van der Waals surface area contributed by atoms with Crippen molar-refractivity contribution in [3.05, 3.63) is 42.4 Å². The summed E-state index contributed by atoms with van der Waals surface area (Å²) in [6.45, 7) is 0.567. The van der Waals surface area contributed by atoms with E-state index >= 15 is 0 Å². The minimum Gasteiger partial charge on any atom is -0.486 e. The summed E-state index contributed by atoms with van der Waals surface area (Å²) in [5.74, 6) is 2.11. The van der Waals surface area contributed by atoms with Gasteiger partial charge in [0, 0.05) is 11.8 Å². The molecule has 0 bridgehead atoms. The van der Waals surface area contributed by atoms with Crippen molar-refractivity contribution in [2.75, 3.05) is 12.3 Å². The lowest BCUT2D eigenvalue weighted by Gasteiger charge is -2.26. The summed E-state index contributed by atoms with van der Waals surface area (Å²) >= 11 is 0. The van der Waals surface area contributed by atoms with Crippen LogP contribution in [0.1, 0.15) is 12.1 Å². The second-order valence-corrected chi connectivity index (χ2v) is 4.47. The molecule has 1 aliphatic rings. The van der Waals surface area contributed by atoms with Crippen LogP contribution in [0.15, 0.2) is 36.7 Å². The lowest BCUT2D eigenvalue weighted by Crippen LogP contribution is -2.29. The number of hydrogen-bond acceptors (Lipinski definition) is 5. The summed E-state index contributed by atoms with van der Waals surface area (Å²) in [4.78, 5) is 8.06. The van der Waals surface area contributed by atoms with Gasteiger partial charge in [-0.05, 0) is 25.0 Å². The number of anilines is 1. The van der Waals surface area contributed by atoms with E-state index in [1.165, 1.54) is 6.33 Å². The predicted octanol–water partition coefficient (Wildman–Crippen LogP) is 1.83. The standard InChI is InChI=1S/C14H15N3O2/c15-14-7-10(16-9-17-14)5-6-11-8-18-12-3-1-2-4-13(12)19-11/h1-4,7,9,11H,5-6,8H2,(H2,15,16,17). The molecule has 3 rings (SSSR count). The first-order valence-corrected chi connectivity index (χ1v) is 6.26. The van der Waals surface area contributed by atoms with Gasteiger partial charge in [0.25, 0.3) is 0 Å². The van der Waals surface area contributed by atoms with Gasteiger partial charge in [-0.3, -0.25) is 0 Å². The van der Waals surface area contributed by atoms with Crippen LogP contribution in [0.25, 0.3) is 0 Å². The largest absolute Gasteiger partial charge is 0.486 e. The van der Waals surface area contributed by atoms with Crippen LogP contribution in [0.5, 0.6) is 11.5 Å². The Hall–Kier alpha value is -2.30. The first kappa shape index (κ1) is 11.8. The monoisotopic (exact) mass is 257 g/mol. The van der Waals surface area contributed by atoms with Crippen LogP contribution >= 0.6 is 0 Å². The summed E-state index contributed by atoms with van der Waals surface area (Å²) in [6, 6.07) is 9.50. The molecule has 0 aliphatic carbocycles. The number of nitrogens with zero attached hydrogens (tertiary/aromatic N) is 2. The molecule has 2 N–H and O–H groups in total. The number of para-hydroxylation sites is 2. The van der Waals surface area contributed by atoms with E-state index in [9.17, 15) is 0 Å². The molecule has 1 atom stereocenters. The quantitative estimate of drug-likeness (QED) is 0.908. The minimum absolute atomic E-state index is 0.0473. The van der Waals surface area contributed by atoms with Crippen LogP contribution in [0, 0.1) is 0 Å². The van der Waals surface area contributed by atoms with Crippen molar-refractivity contribution in [1.82, 2.24) is 9.97 Å². The van der Waals surface area contributed by atoms with E-state index in [1.807, 2.05) is 24.3 Å². The number of aromatic nitrogens is 2. The number of rotatable bonds is 3. The molecular weight excluding hydrogens is 242 g/mol. The van der Waals surface area contributed by atoms with Crippen molar-refractivity contribution in [1.29, 1.82) is 0 Å². The number of ether oxygens (including phenoxy) is 2. The van der Waals surface area contributed by atoms with Crippen LogP contribution in [-0.2, 0) is 6.42 Å². The van der Waals surface area contributed by atoms with Gasteiger partial charge in [0.05, 0.1) is 0 Å². The third-order valence-electron chi connectivity index (χ3n) is 3.03. The summed E-state index contributed by atoms with van der Waals surface area (Å²) < 4.78 is 11.6. The molecule has 1 unspecified atom stereocenters. The van der Waals surface area contributed by atoms with Gasteiger partial charge in [-0.2, -0.15) is 0 Å². The molecule has 5 heteroatoms. The van der Waals surface area contributed by atoms with Gasteiger partial charge in [0.2, 0.25) is 0 Å². The molecule has 1 aromatic heterocycles. The number of aryl methyl sites for hydroxylation is 1. The molecule has 0 amide bonds. The molecule has 1 aliphatic heterocycles. The zero-order chi connectivity index (χ0) is 13.1. The fourth-order valence-electron chi connectivity index (χ4n) is 2.07. The van der Waals surface area contributed by atoms with Gasteiger partial charge in [-0.15, -0.1) is 0 Å². The van der Waals surface area contributed by atoms with E-state index in [2.05, 4.69) is 9.97 Å². The fraction of sp³-hybridized carbons (Fsp3) is 0.286. The Morgan fingerprint density at radius 1 is 1.21 bits per heavy atom. The fourth-order valence-corrected chi connectivity index (χ4v) is 2.07. The maximum absolute atomic E-state index is 5.88. The van der Waals surface area contributed by atoms with Gasteiger partial charge >= 0.3 is 0 Å². The lowest BCUT2D eigenvalue weighted by molar-refractivity contribution is 0.0849. The highest BCUT2D eigenvalue weighted by atomic mass is 16.6.